The summed E-state index contributed by atoms with van der Waals surface area (Å²) in [6, 6.07) is 12.8. The molecule has 107 valence electrons. The van der Waals surface area contributed by atoms with Crippen molar-refractivity contribution in [3.63, 3.8) is 0 Å². The van der Waals surface area contributed by atoms with Gasteiger partial charge in [0, 0.05) is 29.2 Å². The van der Waals surface area contributed by atoms with Crippen molar-refractivity contribution in [2.75, 3.05) is 0 Å². The Labute approximate surface area is 126 Å². The maximum atomic E-state index is 4.16. The average molecular weight is 277 g/mol. The van der Waals surface area contributed by atoms with Crippen molar-refractivity contribution in [2.24, 2.45) is 0 Å². The average Bonchev–Trinajstić information content (AvgIpc) is 2.87. The predicted molar refractivity (Wildman–Crippen MR) is 88.7 cm³/mol. The van der Waals surface area contributed by atoms with E-state index in [-0.39, 0.29) is 0 Å². The van der Waals surface area contributed by atoms with Crippen LogP contribution in [0.2, 0.25) is 0 Å². The number of benzene rings is 1. The van der Waals surface area contributed by atoms with Crippen LogP contribution in [0.1, 0.15) is 31.0 Å². The van der Waals surface area contributed by atoms with Gasteiger partial charge in [-0.15, -0.1) is 0 Å². The highest BCUT2D eigenvalue weighted by molar-refractivity contribution is 5.87. The summed E-state index contributed by atoms with van der Waals surface area (Å²) < 4.78 is 2.38. The van der Waals surface area contributed by atoms with Gasteiger partial charge in [-0.25, -0.2) is 0 Å². The van der Waals surface area contributed by atoms with Gasteiger partial charge in [0.05, 0.1) is 5.52 Å². The summed E-state index contributed by atoms with van der Waals surface area (Å²) >= 11 is 0. The number of unbranched alkanes of at least 4 members (excludes halogenated alkanes) is 1. The monoisotopic (exact) mass is 277 g/mol. The maximum Gasteiger partial charge on any atom is 0.0534 e. The summed E-state index contributed by atoms with van der Waals surface area (Å²) in [5.74, 6) is 0. The third-order valence-corrected chi connectivity index (χ3v) is 4.03. The molecule has 0 amide bonds. The number of pyridine rings is 1. The van der Waals surface area contributed by atoms with Crippen LogP contribution in [0.25, 0.3) is 16.6 Å². The third-order valence-electron chi connectivity index (χ3n) is 4.03. The van der Waals surface area contributed by atoms with Crippen LogP contribution < -0.4 is 0 Å². The van der Waals surface area contributed by atoms with Crippen LogP contribution >= 0.6 is 0 Å². The van der Waals surface area contributed by atoms with E-state index < -0.39 is 0 Å². The van der Waals surface area contributed by atoms with Gasteiger partial charge in [-0.1, -0.05) is 31.5 Å². The van der Waals surface area contributed by atoms with Gasteiger partial charge in [0.2, 0.25) is 0 Å². The Morgan fingerprint density at radius 2 is 1.86 bits per heavy atom. The lowest BCUT2D eigenvalue weighted by atomic mass is 10.1. The van der Waals surface area contributed by atoms with E-state index in [1.165, 1.54) is 40.7 Å². The fourth-order valence-corrected chi connectivity index (χ4v) is 3.03. The van der Waals surface area contributed by atoms with Gasteiger partial charge in [0.25, 0.3) is 0 Å². The lowest BCUT2D eigenvalue weighted by Gasteiger charge is -2.11. The van der Waals surface area contributed by atoms with E-state index in [0.29, 0.717) is 0 Å². The molecule has 0 saturated heterocycles. The Bertz CT molecular complexity index is 726. The van der Waals surface area contributed by atoms with E-state index in [2.05, 4.69) is 59.8 Å². The van der Waals surface area contributed by atoms with E-state index in [1.54, 1.807) is 0 Å². The zero-order chi connectivity index (χ0) is 14.7. The fourth-order valence-electron chi connectivity index (χ4n) is 3.03. The molecule has 0 fully saturated rings. The molecule has 0 aliphatic heterocycles. The van der Waals surface area contributed by atoms with E-state index in [4.69, 9.17) is 0 Å². The predicted octanol–water partition coefficient (Wildman–Crippen LogP) is 4.74. The van der Waals surface area contributed by atoms with Gasteiger partial charge < -0.3 is 4.57 Å². The number of hydrogen-bond acceptors (Lipinski definition) is 1. The van der Waals surface area contributed by atoms with Crippen molar-refractivity contribution in [1.29, 1.82) is 0 Å². The van der Waals surface area contributed by atoms with Gasteiger partial charge >= 0.3 is 0 Å². The first kappa shape index (κ1) is 13.9. The summed E-state index contributed by atoms with van der Waals surface area (Å²) in [6.07, 6.45) is 8.05. The summed E-state index contributed by atoms with van der Waals surface area (Å²) in [5, 5.41) is 1.33. The third kappa shape index (κ3) is 2.46. The molecule has 2 nitrogen and oxygen atoms in total. The fraction of sp³-hybridized carbons (Fsp3) is 0.263. The van der Waals surface area contributed by atoms with Gasteiger partial charge in [-0.05, 0) is 49.9 Å². The van der Waals surface area contributed by atoms with Crippen LogP contribution in [-0.2, 0) is 12.8 Å². The first-order valence-corrected chi connectivity index (χ1v) is 7.67. The topological polar surface area (TPSA) is 17.8 Å². The minimum Gasteiger partial charge on any atom is -0.313 e. The van der Waals surface area contributed by atoms with Crippen LogP contribution in [-0.4, -0.2) is 9.55 Å². The number of fused-ring (bicyclic) bond motifs is 1. The summed E-state index contributed by atoms with van der Waals surface area (Å²) in [6.45, 7) is 6.40. The van der Waals surface area contributed by atoms with Crippen molar-refractivity contribution in [2.45, 2.75) is 32.6 Å². The molecule has 0 bridgehead atoms. The van der Waals surface area contributed by atoms with Crippen molar-refractivity contribution >= 4 is 10.9 Å². The largest absolute Gasteiger partial charge is 0.313 e. The molecule has 3 rings (SSSR count). The van der Waals surface area contributed by atoms with Crippen molar-refractivity contribution in [1.82, 2.24) is 9.55 Å². The van der Waals surface area contributed by atoms with Crippen LogP contribution in [0.15, 0.2) is 48.8 Å². The Kier molecular flexibility index (Phi) is 4.05. The molecule has 0 N–H and O–H groups in total. The molecule has 0 unspecified atom stereocenters. The van der Waals surface area contributed by atoms with Gasteiger partial charge in [0.15, 0.2) is 0 Å². The van der Waals surface area contributed by atoms with Crippen molar-refractivity contribution in [3.8, 4) is 5.69 Å². The summed E-state index contributed by atoms with van der Waals surface area (Å²) in [7, 11) is 0. The van der Waals surface area contributed by atoms with Crippen LogP contribution in [0.3, 0.4) is 0 Å². The van der Waals surface area contributed by atoms with E-state index in [0.717, 1.165) is 12.8 Å². The number of para-hydroxylation sites is 1. The molecule has 0 atom stereocenters. The number of rotatable bonds is 5. The lowest BCUT2D eigenvalue weighted by molar-refractivity contribution is 0.757. The van der Waals surface area contributed by atoms with Crippen molar-refractivity contribution < 1.29 is 0 Å². The normalized spacial score (nSPS) is 11.1. The first-order valence-electron chi connectivity index (χ1n) is 7.67. The molecule has 0 aliphatic rings. The highest BCUT2D eigenvalue weighted by Gasteiger charge is 2.16. The molecule has 0 saturated carbocycles. The Hall–Kier alpha value is -2.09. The second-order valence-electron chi connectivity index (χ2n) is 5.34. The molecule has 2 heteroatoms. The number of hydrogen-bond donors (Lipinski definition) is 0. The molecule has 2 heterocycles. The standard InChI is InChI=1S/C19H21N2/c1-3-5-9-18-16(4-2)17-8-6-7-10-19(17)21(18)15-11-13-20-14-12-15/h6-8,10-14H,2-5,9H2,1H3. The van der Waals surface area contributed by atoms with E-state index in [9.17, 15) is 0 Å². The highest BCUT2D eigenvalue weighted by atomic mass is 15.0. The van der Waals surface area contributed by atoms with E-state index >= 15 is 0 Å². The smallest absolute Gasteiger partial charge is 0.0534 e. The number of nitrogens with zero attached hydrogens (tertiary/aromatic N) is 2. The minimum absolute atomic E-state index is 0.831. The van der Waals surface area contributed by atoms with Crippen LogP contribution in [0.5, 0.6) is 0 Å². The maximum absolute atomic E-state index is 4.16. The van der Waals surface area contributed by atoms with E-state index in [1.807, 2.05) is 12.4 Å². The lowest BCUT2D eigenvalue weighted by Crippen LogP contribution is -2.02. The molecule has 1 radical (unpaired) electrons. The highest BCUT2D eigenvalue weighted by Crippen LogP contribution is 2.30. The molecular formula is C19H21N2. The quantitative estimate of drug-likeness (QED) is 0.658. The summed E-state index contributed by atoms with van der Waals surface area (Å²) in [4.78, 5) is 4.14. The van der Waals surface area contributed by atoms with Gasteiger partial charge in [-0.2, -0.15) is 0 Å². The molecule has 0 spiro atoms. The van der Waals surface area contributed by atoms with Gasteiger partial charge in [-0.3, -0.25) is 4.98 Å². The minimum atomic E-state index is 0.831. The molecule has 2 aromatic heterocycles. The molecular weight excluding hydrogens is 256 g/mol. The second-order valence-corrected chi connectivity index (χ2v) is 5.34. The zero-order valence-corrected chi connectivity index (χ0v) is 12.5. The Balaban J connectivity index is 2.29. The van der Waals surface area contributed by atoms with Crippen LogP contribution in [0.4, 0.5) is 0 Å². The Morgan fingerprint density at radius 3 is 2.57 bits per heavy atom. The molecule has 0 aliphatic carbocycles. The first-order chi connectivity index (χ1) is 10.4. The zero-order valence-electron chi connectivity index (χ0n) is 12.5. The second kappa shape index (κ2) is 6.13. The number of aromatic nitrogens is 2. The molecule has 1 aromatic carbocycles. The summed E-state index contributed by atoms with van der Waals surface area (Å²) in [5.41, 5.74) is 5.25. The Morgan fingerprint density at radius 1 is 1.10 bits per heavy atom. The molecule has 3 aromatic rings. The molecule has 21 heavy (non-hydrogen) atoms. The van der Waals surface area contributed by atoms with Crippen molar-refractivity contribution in [3.05, 3.63) is 67.0 Å². The van der Waals surface area contributed by atoms with Gasteiger partial charge in [0.1, 0.15) is 0 Å². The van der Waals surface area contributed by atoms with Crippen LogP contribution in [0, 0.1) is 6.92 Å². The SMILES string of the molecule is [CH2]Cc1c(CCCC)n(-c2ccncc2)c2ccccc12.